The molecular formula is C27H24N4O3S. The van der Waals surface area contributed by atoms with Crippen molar-refractivity contribution in [1.82, 2.24) is 14.3 Å². The zero-order valence-corrected chi connectivity index (χ0v) is 20.4. The van der Waals surface area contributed by atoms with Gasteiger partial charge in [0.25, 0.3) is 0 Å². The smallest absolute Gasteiger partial charge is 0.301 e. The number of hydrogen-bond acceptors (Lipinski definition) is 6. The molecule has 0 saturated carbocycles. The van der Waals surface area contributed by atoms with Crippen LogP contribution in [-0.2, 0) is 10.0 Å². The van der Waals surface area contributed by atoms with Gasteiger partial charge < -0.3 is 4.42 Å². The van der Waals surface area contributed by atoms with Crippen molar-refractivity contribution in [2.24, 2.45) is 0 Å². The van der Waals surface area contributed by atoms with Crippen LogP contribution in [0.2, 0.25) is 0 Å². The number of oxazole rings is 1. The Morgan fingerprint density at radius 1 is 0.800 bits per heavy atom. The van der Waals surface area contributed by atoms with Crippen LogP contribution in [0.4, 0.5) is 11.8 Å². The van der Waals surface area contributed by atoms with Crippen molar-refractivity contribution < 1.29 is 12.8 Å². The highest BCUT2D eigenvalue weighted by atomic mass is 32.2. The van der Waals surface area contributed by atoms with E-state index in [0.29, 0.717) is 16.9 Å². The van der Waals surface area contributed by atoms with Crippen molar-refractivity contribution >= 4 is 33.0 Å². The Kier molecular flexibility index (Phi) is 5.84. The molecular weight excluding hydrogens is 460 g/mol. The van der Waals surface area contributed by atoms with Gasteiger partial charge in [-0.25, -0.2) is 17.7 Å². The van der Waals surface area contributed by atoms with Crippen LogP contribution in [0.1, 0.15) is 5.56 Å². The Hall–Kier alpha value is -4.01. The van der Waals surface area contributed by atoms with Crippen LogP contribution in [0.15, 0.2) is 94.2 Å². The van der Waals surface area contributed by atoms with Gasteiger partial charge in [0.1, 0.15) is 11.3 Å². The Morgan fingerprint density at radius 3 is 2.26 bits per heavy atom. The number of benzene rings is 3. The Balaban J connectivity index is 1.55. The molecule has 0 aliphatic rings. The number of fused-ring (bicyclic) bond motifs is 1. The number of sulfonamides is 1. The van der Waals surface area contributed by atoms with E-state index in [2.05, 4.69) is 47.6 Å². The molecule has 0 spiro atoms. The van der Waals surface area contributed by atoms with E-state index in [1.165, 1.54) is 36.1 Å². The fourth-order valence-corrected chi connectivity index (χ4v) is 4.63. The molecule has 0 aliphatic carbocycles. The second kappa shape index (κ2) is 8.98. The zero-order valence-electron chi connectivity index (χ0n) is 19.6. The summed E-state index contributed by atoms with van der Waals surface area (Å²) in [6.07, 6.45) is 0. The lowest BCUT2D eigenvalue weighted by molar-refractivity contribution is 0.521. The highest BCUT2D eigenvalue weighted by Crippen LogP contribution is 2.30. The van der Waals surface area contributed by atoms with Crippen LogP contribution in [-0.4, -0.2) is 36.8 Å². The van der Waals surface area contributed by atoms with Crippen molar-refractivity contribution in [2.75, 3.05) is 19.4 Å². The number of rotatable bonds is 6. The molecule has 2 heterocycles. The molecule has 5 aromatic rings. The topological polar surface area (TPSA) is 88.3 Å². The largest absolute Gasteiger partial charge is 0.423 e. The second-order valence-electron chi connectivity index (χ2n) is 8.42. The summed E-state index contributed by atoms with van der Waals surface area (Å²) in [4.78, 5) is 9.39. The van der Waals surface area contributed by atoms with E-state index in [4.69, 9.17) is 9.40 Å². The number of hydrogen-bond donors (Lipinski definition) is 1. The summed E-state index contributed by atoms with van der Waals surface area (Å²) >= 11 is 0. The molecule has 0 saturated heterocycles. The van der Waals surface area contributed by atoms with E-state index >= 15 is 0 Å². The average molecular weight is 485 g/mol. The molecule has 7 nitrogen and oxygen atoms in total. The molecule has 35 heavy (non-hydrogen) atoms. The maximum Gasteiger partial charge on any atom is 0.301 e. The van der Waals surface area contributed by atoms with Crippen LogP contribution in [0.5, 0.6) is 0 Å². The first-order valence-electron chi connectivity index (χ1n) is 11.0. The molecule has 5 rings (SSSR count). The Bertz CT molecular complexity index is 1610. The van der Waals surface area contributed by atoms with Gasteiger partial charge in [-0.05, 0) is 48.4 Å². The Morgan fingerprint density at radius 2 is 1.54 bits per heavy atom. The summed E-state index contributed by atoms with van der Waals surface area (Å²) in [5.74, 6) is 0.564. The maximum atomic E-state index is 12.5. The molecule has 2 aromatic heterocycles. The van der Waals surface area contributed by atoms with Gasteiger partial charge in [-0.3, -0.25) is 5.32 Å². The predicted molar refractivity (Wildman–Crippen MR) is 138 cm³/mol. The fraction of sp³-hybridized carbons (Fsp3) is 0.111. The van der Waals surface area contributed by atoms with E-state index in [1.807, 2.05) is 36.4 Å². The molecule has 1 N–H and O–H groups in total. The van der Waals surface area contributed by atoms with Gasteiger partial charge in [-0.15, -0.1) is 0 Å². The third-order valence-electron chi connectivity index (χ3n) is 5.65. The van der Waals surface area contributed by atoms with Gasteiger partial charge in [0.15, 0.2) is 5.58 Å². The van der Waals surface area contributed by atoms with E-state index < -0.39 is 10.0 Å². The Labute approximate surface area is 204 Å². The lowest BCUT2D eigenvalue weighted by Crippen LogP contribution is -2.22. The SMILES string of the molecule is Cc1ccc(-c2cc(Nc3nc4cc(S(=O)(=O)N(C)C)ccc4o3)nc(-c3ccccc3)c2)cc1. The monoisotopic (exact) mass is 484 g/mol. The van der Waals surface area contributed by atoms with Crippen molar-refractivity contribution in [2.45, 2.75) is 11.8 Å². The maximum absolute atomic E-state index is 12.5. The predicted octanol–water partition coefficient (Wildman–Crippen LogP) is 5.86. The first kappa shape index (κ1) is 22.8. The van der Waals surface area contributed by atoms with E-state index in [9.17, 15) is 8.42 Å². The van der Waals surface area contributed by atoms with E-state index in [1.54, 1.807) is 6.07 Å². The van der Waals surface area contributed by atoms with Gasteiger partial charge >= 0.3 is 6.01 Å². The van der Waals surface area contributed by atoms with Crippen LogP contribution in [0, 0.1) is 6.92 Å². The van der Waals surface area contributed by atoms with Gasteiger partial charge in [0.05, 0.1) is 10.6 Å². The molecule has 3 aromatic carbocycles. The van der Waals surface area contributed by atoms with E-state index in [-0.39, 0.29) is 10.9 Å². The molecule has 0 aliphatic heterocycles. The highest BCUT2D eigenvalue weighted by molar-refractivity contribution is 7.89. The molecule has 0 bridgehead atoms. The van der Waals surface area contributed by atoms with E-state index in [0.717, 1.165) is 22.4 Å². The third kappa shape index (κ3) is 4.66. The van der Waals surface area contributed by atoms with Crippen LogP contribution >= 0.6 is 0 Å². The normalized spacial score (nSPS) is 11.8. The molecule has 0 unspecified atom stereocenters. The number of nitrogens with one attached hydrogen (secondary N) is 1. The van der Waals surface area contributed by atoms with Crippen molar-refractivity contribution in [1.29, 1.82) is 0 Å². The van der Waals surface area contributed by atoms with Crippen molar-refractivity contribution in [3.8, 4) is 22.4 Å². The quantitative estimate of drug-likeness (QED) is 0.325. The first-order valence-corrected chi connectivity index (χ1v) is 12.5. The standard InChI is InChI=1S/C27H24N4O3S/c1-18-9-11-19(12-10-18)21-15-23(20-7-5-4-6-8-20)28-26(16-21)30-27-29-24-17-22(13-14-25(24)34-27)35(32,33)31(2)3/h4-17H,1-3H3,(H,28,29,30). The summed E-state index contributed by atoms with van der Waals surface area (Å²) in [7, 11) is -0.590. The summed E-state index contributed by atoms with van der Waals surface area (Å²) < 4.78 is 32.0. The molecule has 0 fully saturated rings. The number of pyridine rings is 1. The van der Waals surface area contributed by atoms with Gasteiger partial charge in [0, 0.05) is 19.7 Å². The number of aryl methyl sites for hydroxylation is 1. The number of anilines is 2. The second-order valence-corrected chi connectivity index (χ2v) is 10.6. The van der Waals surface area contributed by atoms with Gasteiger partial charge in [0.2, 0.25) is 10.0 Å². The highest BCUT2D eigenvalue weighted by Gasteiger charge is 2.19. The fourth-order valence-electron chi connectivity index (χ4n) is 3.71. The first-order chi connectivity index (χ1) is 16.8. The van der Waals surface area contributed by atoms with Crippen molar-refractivity contribution in [3.63, 3.8) is 0 Å². The minimum atomic E-state index is -3.57. The molecule has 8 heteroatoms. The lowest BCUT2D eigenvalue weighted by Gasteiger charge is -2.10. The van der Waals surface area contributed by atoms with Gasteiger partial charge in [-0.1, -0.05) is 60.2 Å². The van der Waals surface area contributed by atoms with Gasteiger partial charge in [-0.2, -0.15) is 4.98 Å². The summed E-state index contributed by atoms with van der Waals surface area (Å²) in [6.45, 7) is 2.06. The zero-order chi connectivity index (χ0) is 24.6. The van der Waals surface area contributed by atoms with Crippen LogP contribution < -0.4 is 5.32 Å². The molecule has 176 valence electrons. The third-order valence-corrected chi connectivity index (χ3v) is 7.46. The van der Waals surface area contributed by atoms with Crippen LogP contribution in [0.25, 0.3) is 33.5 Å². The minimum absolute atomic E-state index is 0.153. The summed E-state index contributed by atoms with van der Waals surface area (Å²) in [5.41, 5.74) is 5.96. The van der Waals surface area contributed by atoms with Crippen LogP contribution in [0.3, 0.4) is 0 Å². The molecule has 0 amide bonds. The summed E-state index contributed by atoms with van der Waals surface area (Å²) in [5, 5.41) is 3.16. The summed E-state index contributed by atoms with van der Waals surface area (Å²) in [6, 6.07) is 27.1. The molecule has 0 radical (unpaired) electrons. The average Bonchev–Trinajstić information content (AvgIpc) is 3.26. The number of nitrogens with zero attached hydrogens (tertiary/aromatic N) is 3. The minimum Gasteiger partial charge on any atom is -0.423 e. The number of aromatic nitrogens is 2. The lowest BCUT2D eigenvalue weighted by atomic mass is 10.0. The molecule has 0 atom stereocenters. The van der Waals surface area contributed by atoms with Crippen molar-refractivity contribution in [3.05, 3.63) is 90.5 Å².